The van der Waals surface area contributed by atoms with Crippen molar-refractivity contribution in [1.82, 2.24) is 15.3 Å². The second-order valence-corrected chi connectivity index (χ2v) is 6.54. The van der Waals surface area contributed by atoms with E-state index < -0.39 is 0 Å². The Labute approximate surface area is 147 Å². The minimum absolute atomic E-state index is 0.121. The lowest BCUT2D eigenvalue weighted by molar-refractivity contribution is -0.117. The fourth-order valence-electron chi connectivity index (χ4n) is 2.97. The highest BCUT2D eigenvalue weighted by molar-refractivity contribution is 6.30. The number of hydrogen-bond acceptors (Lipinski definition) is 3. The van der Waals surface area contributed by atoms with E-state index in [0.717, 1.165) is 36.5 Å². The first-order valence-corrected chi connectivity index (χ1v) is 8.87. The zero-order valence-electron chi connectivity index (χ0n) is 13.9. The minimum Gasteiger partial charge on any atom is -0.344 e. The van der Waals surface area contributed by atoms with Crippen molar-refractivity contribution in [2.45, 2.75) is 45.2 Å². The van der Waals surface area contributed by atoms with Gasteiger partial charge in [0.15, 0.2) is 5.15 Å². The highest BCUT2D eigenvalue weighted by Gasteiger charge is 2.30. The van der Waals surface area contributed by atoms with Crippen molar-refractivity contribution in [2.75, 3.05) is 11.4 Å². The molecule has 128 valence electrons. The largest absolute Gasteiger partial charge is 0.344 e. The molecule has 1 aromatic heterocycles. The standard InChI is InChI=1S/C18H23ClN4O/c1-2-3-9-16-21-15(18(19)22-16)11-20-13-10-17(24)23(12-13)14-7-5-4-6-8-14/h4-8,13,20H,2-3,9-12H2,1H3,(H,21,22). The average molecular weight is 347 g/mol. The second kappa shape index (κ2) is 7.81. The molecule has 1 saturated heterocycles. The van der Waals surface area contributed by atoms with Crippen LogP contribution in [0.15, 0.2) is 30.3 Å². The Morgan fingerprint density at radius 1 is 1.38 bits per heavy atom. The summed E-state index contributed by atoms with van der Waals surface area (Å²) in [4.78, 5) is 21.7. The summed E-state index contributed by atoms with van der Waals surface area (Å²) in [6.45, 7) is 3.43. The van der Waals surface area contributed by atoms with Crippen LogP contribution in [0.1, 0.15) is 37.7 Å². The number of imidazole rings is 1. The number of nitrogens with zero attached hydrogens (tertiary/aromatic N) is 2. The van der Waals surface area contributed by atoms with Gasteiger partial charge in [0.05, 0.1) is 5.69 Å². The molecular weight excluding hydrogens is 324 g/mol. The van der Waals surface area contributed by atoms with Crippen molar-refractivity contribution >= 4 is 23.2 Å². The molecule has 2 N–H and O–H groups in total. The zero-order valence-corrected chi connectivity index (χ0v) is 14.6. The summed E-state index contributed by atoms with van der Waals surface area (Å²) < 4.78 is 0. The SMILES string of the molecule is CCCCc1nc(Cl)c(CNC2CC(=O)N(c3ccccc3)C2)[nH]1. The minimum atomic E-state index is 0.121. The van der Waals surface area contributed by atoms with Gasteiger partial charge in [0.1, 0.15) is 5.82 Å². The third kappa shape index (κ3) is 3.97. The van der Waals surface area contributed by atoms with Gasteiger partial charge in [-0.25, -0.2) is 4.98 Å². The number of carbonyl (C=O) groups excluding carboxylic acids is 1. The number of para-hydroxylation sites is 1. The van der Waals surface area contributed by atoms with Crippen LogP contribution in [-0.4, -0.2) is 28.5 Å². The van der Waals surface area contributed by atoms with Crippen molar-refractivity contribution in [3.63, 3.8) is 0 Å². The summed E-state index contributed by atoms with van der Waals surface area (Å²) >= 11 is 6.20. The Balaban J connectivity index is 1.56. The molecule has 2 aromatic rings. The van der Waals surface area contributed by atoms with Crippen LogP contribution in [0.25, 0.3) is 0 Å². The summed E-state index contributed by atoms with van der Waals surface area (Å²) in [7, 11) is 0. The van der Waals surface area contributed by atoms with Crippen LogP contribution in [0.3, 0.4) is 0 Å². The summed E-state index contributed by atoms with van der Waals surface area (Å²) in [6, 6.07) is 9.90. The number of carbonyl (C=O) groups is 1. The van der Waals surface area contributed by atoms with E-state index in [1.165, 1.54) is 0 Å². The molecule has 1 aromatic carbocycles. The number of amides is 1. The van der Waals surface area contributed by atoms with Gasteiger partial charge in [-0.05, 0) is 18.6 Å². The quantitative estimate of drug-likeness (QED) is 0.808. The Morgan fingerprint density at radius 2 is 2.17 bits per heavy atom. The smallest absolute Gasteiger partial charge is 0.228 e. The fourth-order valence-corrected chi connectivity index (χ4v) is 3.18. The second-order valence-electron chi connectivity index (χ2n) is 6.18. The summed E-state index contributed by atoms with van der Waals surface area (Å²) in [5, 5.41) is 3.95. The number of nitrogens with one attached hydrogen (secondary N) is 2. The molecule has 1 fully saturated rings. The Morgan fingerprint density at radius 3 is 2.92 bits per heavy atom. The molecule has 0 bridgehead atoms. The first-order valence-electron chi connectivity index (χ1n) is 8.49. The van der Waals surface area contributed by atoms with Crippen LogP contribution in [-0.2, 0) is 17.8 Å². The lowest BCUT2D eigenvalue weighted by Crippen LogP contribution is -2.32. The summed E-state index contributed by atoms with van der Waals surface area (Å²) in [5.41, 5.74) is 1.85. The Kier molecular flexibility index (Phi) is 5.53. The third-order valence-corrected chi connectivity index (χ3v) is 4.62. The number of anilines is 1. The van der Waals surface area contributed by atoms with Crippen molar-refractivity contribution in [1.29, 1.82) is 0 Å². The van der Waals surface area contributed by atoms with Gasteiger partial charge in [0, 0.05) is 37.7 Å². The van der Waals surface area contributed by atoms with Crippen LogP contribution in [0.4, 0.5) is 5.69 Å². The van der Waals surface area contributed by atoms with Crippen LogP contribution < -0.4 is 10.2 Å². The van der Waals surface area contributed by atoms with Crippen LogP contribution in [0, 0.1) is 0 Å². The fraction of sp³-hybridized carbons (Fsp3) is 0.444. The van der Waals surface area contributed by atoms with E-state index >= 15 is 0 Å². The van der Waals surface area contributed by atoms with E-state index in [-0.39, 0.29) is 11.9 Å². The normalized spacial score (nSPS) is 17.7. The zero-order chi connectivity index (χ0) is 16.9. The lowest BCUT2D eigenvalue weighted by Gasteiger charge is -2.17. The van der Waals surface area contributed by atoms with Gasteiger partial charge < -0.3 is 15.2 Å². The molecule has 6 heteroatoms. The Bertz CT molecular complexity index is 686. The molecule has 1 aliphatic rings. The summed E-state index contributed by atoms with van der Waals surface area (Å²) in [6.07, 6.45) is 3.65. The number of benzene rings is 1. The van der Waals surface area contributed by atoms with Crippen LogP contribution in [0.5, 0.6) is 0 Å². The highest BCUT2D eigenvalue weighted by atomic mass is 35.5. The van der Waals surface area contributed by atoms with Gasteiger partial charge >= 0.3 is 0 Å². The molecule has 5 nitrogen and oxygen atoms in total. The molecule has 1 amide bonds. The number of aromatic nitrogens is 2. The molecule has 3 rings (SSSR count). The van der Waals surface area contributed by atoms with E-state index in [9.17, 15) is 4.79 Å². The third-order valence-electron chi connectivity index (χ3n) is 4.30. The maximum absolute atomic E-state index is 12.2. The molecular formula is C18H23ClN4O. The number of unbranched alkanes of at least 4 members (excludes halogenated alkanes) is 1. The van der Waals surface area contributed by atoms with Crippen LogP contribution >= 0.6 is 11.6 Å². The summed E-state index contributed by atoms with van der Waals surface area (Å²) in [5.74, 6) is 1.09. The lowest BCUT2D eigenvalue weighted by atomic mass is 10.2. The predicted molar refractivity (Wildman–Crippen MR) is 96.2 cm³/mol. The van der Waals surface area contributed by atoms with E-state index in [2.05, 4.69) is 22.2 Å². The number of halogens is 1. The van der Waals surface area contributed by atoms with Crippen molar-refractivity contribution in [3.8, 4) is 0 Å². The van der Waals surface area contributed by atoms with Gasteiger partial charge in [-0.15, -0.1) is 0 Å². The molecule has 0 spiro atoms. The van der Waals surface area contributed by atoms with Crippen molar-refractivity contribution in [3.05, 3.63) is 47.0 Å². The van der Waals surface area contributed by atoms with Gasteiger partial charge in [-0.3, -0.25) is 4.79 Å². The number of aromatic amines is 1. The molecule has 1 aliphatic heterocycles. The number of rotatable bonds is 7. The van der Waals surface area contributed by atoms with Gasteiger partial charge in [-0.2, -0.15) is 0 Å². The molecule has 0 radical (unpaired) electrons. The maximum Gasteiger partial charge on any atom is 0.228 e. The molecule has 1 unspecified atom stereocenters. The van der Waals surface area contributed by atoms with E-state index in [1.807, 2.05) is 35.2 Å². The number of hydrogen-bond donors (Lipinski definition) is 2. The predicted octanol–water partition coefficient (Wildman–Crippen LogP) is 3.30. The van der Waals surface area contributed by atoms with Gasteiger partial charge in [-0.1, -0.05) is 43.1 Å². The number of H-pyrrole nitrogens is 1. The van der Waals surface area contributed by atoms with E-state index in [1.54, 1.807) is 0 Å². The molecule has 0 saturated carbocycles. The first kappa shape index (κ1) is 17.0. The average Bonchev–Trinajstić information content (AvgIpc) is 3.14. The van der Waals surface area contributed by atoms with E-state index in [0.29, 0.717) is 24.7 Å². The highest BCUT2D eigenvalue weighted by Crippen LogP contribution is 2.21. The topological polar surface area (TPSA) is 61.0 Å². The monoisotopic (exact) mass is 346 g/mol. The molecule has 0 aliphatic carbocycles. The number of aryl methyl sites for hydroxylation is 1. The Hall–Kier alpha value is -1.85. The van der Waals surface area contributed by atoms with Crippen LogP contribution in [0.2, 0.25) is 5.15 Å². The van der Waals surface area contributed by atoms with Crippen molar-refractivity contribution in [2.24, 2.45) is 0 Å². The first-order chi connectivity index (χ1) is 11.7. The molecule has 2 heterocycles. The van der Waals surface area contributed by atoms with Gasteiger partial charge in [0.25, 0.3) is 0 Å². The molecule has 24 heavy (non-hydrogen) atoms. The van der Waals surface area contributed by atoms with Gasteiger partial charge in [0.2, 0.25) is 5.91 Å². The maximum atomic E-state index is 12.2. The van der Waals surface area contributed by atoms with E-state index in [4.69, 9.17) is 11.6 Å². The van der Waals surface area contributed by atoms with Crippen molar-refractivity contribution < 1.29 is 4.79 Å². The molecule has 1 atom stereocenters.